The van der Waals surface area contributed by atoms with Gasteiger partial charge in [0.25, 0.3) is 0 Å². The third-order valence-corrected chi connectivity index (χ3v) is 2.39. The second-order valence-corrected chi connectivity index (χ2v) is 4.08. The van der Waals surface area contributed by atoms with Gasteiger partial charge in [0, 0.05) is 23.8 Å². The Morgan fingerprint density at radius 1 is 1.21 bits per heavy atom. The van der Waals surface area contributed by atoms with Crippen LogP contribution in [-0.2, 0) is 14.4 Å². The van der Waals surface area contributed by atoms with Crippen molar-refractivity contribution in [2.75, 3.05) is 18.4 Å². The molecule has 0 spiro atoms. The third kappa shape index (κ3) is 5.87. The Kier molecular flexibility index (Phi) is 6.38. The number of carbonyl (C=O) groups excluding carboxylic acids is 3. The molecule has 0 saturated carbocycles. The molecule has 0 aliphatic rings. The smallest absolute Gasteiger partial charge is 0.313 e. The Balaban J connectivity index is 2.32. The molecule has 0 bridgehead atoms. The number of hydrogen-bond donors (Lipinski definition) is 3. The normalized spacial score (nSPS) is 9.53. The van der Waals surface area contributed by atoms with Crippen LogP contribution in [0.1, 0.15) is 6.42 Å². The lowest BCUT2D eigenvalue weighted by atomic mass is 10.3. The Labute approximate surface area is 115 Å². The van der Waals surface area contributed by atoms with Crippen LogP contribution in [-0.4, -0.2) is 31.3 Å². The van der Waals surface area contributed by atoms with Gasteiger partial charge in [-0.3, -0.25) is 14.4 Å². The third-order valence-electron chi connectivity index (χ3n) is 2.16. The lowest BCUT2D eigenvalue weighted by Gasteiger charge is -2.06. The number of benzene rings is 1. The van der Waals surface area contributed by atoms with Crippen molar-refractivity contribution < 1.29 is 14.4 Å². The number of nitrogens with one attached hydrogen (secondary N) is 3. The number of rotatable bonds is 6. The van der Waals surface area contributed by atoms with Gasteiger partial charge in [-0.25, -0.2) is 0 Å². The average molecular weight is 284 g/mol. The van der Waals surface area contributed by atoms with E-state index in [2.05, 4.69) is 16.0 Å². The molecule has 0 aliphatic carbocycles. The highest BCUT2D eigenvalue weighted by Gasteiger charge is 2.12. The van der Waals surface area contributed by atoms with Crippen LogP contribution < -0.4 is 16.0 Å². The summed E-state index contributed by atoms with van der Waals surface area (Å²) in [5.74, 6) is -1.49. The predicted octanol–water partition coefficient (Wildman–Crippen LogP) is 0.531. The van der Waals surface area contributed by atoms with E-state index in [4.69, 9.17) is 11.6 Å². The summed E-state index contributed by atoms with van der Waals surface area (Å²) in [5.41, 5.74) is 0.454. The summed E-state index contributed by atoms with van der Waals surface area (Å²) in [6, 6.07) is 6.50. The topological polar surface area (TPSA) is 87.3 Å². The summed E-state index contributed by atoms with van der Waals surface area (Å²) in [6.07, 6.45) is 1.13. The van der Waals surface area contributed by atoms with Crippen LogP contribution in [0, 0.1) is 0 Å². The highest BCUT2D eigenvalue weighted by molar-refractivity contribution is 6.39. The molecule has 0 atom stereocenters. The molecule has 0 heterocycles. The molecule has 6 nitrogen and oxygen atoms in total. The van der Waals surface area contributed by atoms with Gasteiger partial charge in [0.2, 0.25) is 6.41 Å². The van der Waals surface area contributed by atoms with Crippen LogP contribution in [0.3, 0.4) is 0 Å². The second-order valence-electron chi connectivity index (χ2n) is 3.65. The fraction of sp³-hybridized carbons (Fsp3) is 0.250. The highest BCUT2D eigenvalue weighted by Crippen LogP contribution is 2.14. The van der Waals surface area contributed by atoms with E-state index >= 15 is 0 Å². The van der Waals surface area contributed by atoms with Gasteiger partial charge in [0.15, 0.2) is 0 Å². The van der Waals surface area contributed by atoms with Gasteiger partial charge in [0.1, 0.15) is 0 Å². The SMILES string of the molecule is O=CNCCCNC(=O)C(=O)Nc1cccc(Cl)c1. The van der Waals surface area contributed by atoms with Gasteiger partial charge in [0.05, 0.1) is 0 Å². The summed E-state index contributed by atoms with van der Waals surface area (Å²) < 4.78 is 0. The number of anilines is 1. The predicted molar refractivity (Wildman–Crippen MR) is 71.8 cm³/mol. The maximum absolute atomic E-state index is 11.5. The van der Waals surface area contributed by atoms with Crippen LogP contribution in [0.4, 0.5) is 5.69 Å². The van der Waals surface area contributed by atoms with Crippen LogP contribution in [0.15, 0.2) is 24.3 Å². The minimum Gasteiger partial charge on any atom is -0.359 e. The molecular formula is C12H14ClN3O3. The number of halogens is 1. The van der Waals surface area contributed by atoms with Crippen molar-refractivity contribution in [3.05, 3.63) is 29.3 Å². The fourth-order valence-electron chi connectivity index (χ4n) is 1.29. The van der Waals surface area contributed by atoms with E-state index in [0.29, 0.717) is 36.6 Å². The molecule has 1 aromatic rings. The largest absolute Gasteiger partial charge is 0.359 e. The molecule has 0 fully saturated rings. The standard InChI is InChI=1S/C12H14ClN3O3/c13-9-3-1-4-10(7-9)16-12(19)11(18)15-6-2-5-14-8-17/h1,3-4,7-8H,2,5-6H2,(H,14,17)(H,15,18)(H,16,19). The molecule has 102 valence electrons. The lowest BCUT2D eigenvalue weighted by molar-refractivity contribution is -0.136. The molecule has 7 heteroatoms. The zero-order valence-corrected chi connectivity index (χ0v) is 10.9. The Bertz CT molecular complexity index is 465. The molecule has 3 amide bonds. The number of hydrogen-bond acceptors (Lipinski definition) is 3. The first-order valence-electron chi connectivity index (χ1n) is 5.65. The molecule has 1 aromatic carbocycles. The quantitative estimate of drug-likeness (QED) is 0.404. The Morgan fingerprint density at radius 2 is 2.00 bits per heavy atom. The highest BCUT2D eigenvalue weighted by atomic mass is 35.5. The zero-order valence-electron chi connectivity index (χ0n) is 10.1. The minimum atomic E-state index is -0.759. The van der Waals surface area contributed by atoms with Gasteiger partial charge < -0.3 is 16.0 Å². The molecule has 3 N–H and O–H groups in total. The van der Waals surface area contributed by atoms with Crippen molar-refractivity contribution in [3.63, 3.8) is 0 Å². The fourth-order valence-corrected chi connectivity index (χ4v) is 1.48. The molecule has 0 unspecified atom stereocenters. The first kappa shape index (κ1) is 15.0. The minimum absolute atomic E-state index is 0.308. The van der Waals surface area contributed by atoms with Crippen LogP contribution in [0.25, 0.3) is 0 Å². The van der Waals surface area contributed by atoms with Crippen molar-refractivity contribution in [2.45, 2.75) is 6.42 Å². The van der Waals surface area contributed by atoms with Gasteiger partial charge in [-0.15, -0.1) is 0 Å². The first-order valence-corrected chi connectivity index (χ1v) is 6.03. The Hall–Kier alpha value is -2.08. The maximum atomic E-state index is 11.5. The van der Waals surface area contributed by atoms with E-state index < -0.39 is 11.8 Å². The molecule has 0 saturated heterocycles. The maximum Gasteiger partial charge on any atom is 0.313 e. The lowest BCUT2D eigenvalue weighted by Crippen LogP contribution is -2.36. The monoisotopic (exact) mass is 283 g/mol. The number of amides is 3. The van der Waals surface area contributed by atoms with Crippen LogP contribution >= 0.6 is 11.6 Å². The molecular weight excluding hydrogens is 270 g/mol. The summed E-state index contributed by atoms with van der Waals surface area (Å²) in [5, 5.41) is 7.78. The van der Waals surface area contributed by atoms with E-state index in [9.17, 15) is 14.4 Å². The van der Waals surface area contributed by atoms with Gasteiger partial charge in [-0.1, -0.05) is 17.7 Å². The molecule has 19 heavy (non-hydrogen) atoms. The van der Waals surface area contributed by atoms with E-state index in [0.717, 1.165) is 0 Å². The van der Waals surface area contributed by atoms with Crippen molar-refractivity contribution in [1.29, 1.82) is 0 Å². The zero-order chi connectivity index (χ0) is 14.1. The molecule has 0 radical (unpaired) electrons. The van der Waals surface area contributed by atoms with E-state index in [-0.39, 0.29) is 0 Å². The first-order chi connectivity index (χ1) is 9.13. The summed E-state index contributed by atoms with van der Waals surface area (Å²) in [6.45, 7) is 0.752. The van der Waals surface area contributed by atoms with Crippen molar-refractivity contribution in [2.24, 2.45) is 0 Å². The van der Waals surface area contributed by atoms with Gasteiger partial charge in [-0.2, -0.15) is 0 Å². The molecule has 1 rings (SSSR count). The van der Waals surface area contributed by atoms with Crippen molar-refractivity contribution >= 4 is 35.5 Å². The van der Waals surface area contributed by atoms with Crippen LogP contribution in [0.2, 0.25) is 5.02 Å². The second kappa shape index (κ2) is 8.10. The van der Waals surface area contributed by atoms with Gasteiger partial charge in [-0.05, 0) is 24.6 Å². The number of carbonyl (C=O) groups is 3. The van der Waals surface area contributed by atoms with Crippen molar-refractivity contribution in [3.8, 4) is 0 Å². The van der Waals surface area contributed by atoms with Gasteiger partial charge >= 0.3 is 11.8 Å². The van der Waals surface area contributed by atoms with E-state index in [1.807, 2.05) is 0 Å². The molecule has 0 aliphatic heterocycles. The average Bonchev–Trinajstić information content (AvgIpc) is 2.38. The summed E-state index contributed by atoms with van der Waals surface area (Å²) >= 11 is 5.75. The Morgan fingerprint density at radius 3 is 2.68 bits per heavy atom. The summed E-state index contributed by atoms with van der Waals surface area (Å²) in [7, 11) is 0. The van der Waals surface area contributed by atoms with Crippen molar-refractivity contribution in [1.82, 2.24) is 10.6 Å². The molecule has 0 aromatic heterocycles. The van der Waals surface area contributed by atoms with Crippen LogP contribution in [0.5, 0.6) is 0 Å². The van der Waals surface area contributed by atoms with E-state index in [1.165, 1.54) is 0 Å². The van der Waals surface area contributed by atoms with E-state index in [1.54, 1.807) is 24.3 Å². The summed E-state index contributed by atoms with van der Waals surface area (Å²) in [4.78, 5) is 32.9.